The number of nitrogens with one attached hydrogen (secondary N) is 4. The number of aromatic amines is 4. The molecule has 0 aliphatic carbocycles. The van der Waals surface area contributed by atoms with Gasteiger partial charge in [0.1, 0.15) is 11.6 Å². The van der Waals surface area contributed by atoms with Crippen molar-refractivity contribution in [3.63, 3.8) is 0 Å². The van der Waals surface area contributed by atoms with Gasteiger partial charge in [0.05, 0.1) is 11.4 Å². The van der Waals surface area contributed by atoms with Gasteiger partial charge in [0.25, 0.3) is 0 Å². The van der Waals surface area contributed by atoms with E-state index in [0.717, 1.165) is 45.8 Å². The molecule has 0 spiro atoms. The van der Waals surface area contributed by atoms with E-state index in [0.29, 0.717) is 0 Å². The summed E-state index contributed by atoms with van der Waals surface area (Å²) in [6.45, 7) is 23.7. The van der Waals surface area contributed by atoms with Gasteiger partial charge < -0.3 is 9.97 Å². The molecule has 8 nitrogen and oxygen atoms in total. The molecule has 0 aliphatic heterocycles. The highest BCUT2D eigenvalue weighted by Crippen LogP contribution is 1.93. The second-order valence-electron chi connectivity index (χ2n) is 6.69. The Morgan fingerprint density at radius 3 is 0.875 bits per heavy atom. The molecule has 0 atom stereocenters. The monoisotopic (exact) mass is 444 g/mol. The number of nitrogens with zero attached hydrogens (tertiary/aromatic N) is 4. The van der Waals surface area contributed by atoms with E-state index in [1.807, 2.05) is 108 Å². The molecule has 0 bridgehead atoms. The van der Waals surface area contributed by atoms with Crippen LogP contribution in [0.1, 0.15) is 73.5 Å². The minimum Gasteiger partial charge on any atom is -0.346 e. The minimum absolute atomic E-state index is 0.984. The summed E-state index contributed by atoms with van der Waals surface area (Å²) in [4.78, 5) is 14.0. The molecule has 4 N–H and O–H groups in total. The Kier molecular flexibility index (Phi) is 18.0. The van der Waals surface area contributed by atoms with Gasteiger partial charge in [-0.1, -0.05) is 27.7 Å². The first kappa shape index (κ1) is 31.0. The van der Waals surface area contributed by atoms with Gasteiger partial charge in [0, 0.05) is 35.2 Å². The van der Waals surface area contributed by atoms with E-state index in [1.165, 1.54) is 0 Å². The van der Waals surface area contributed by atoms with Crippen LogP contribution in [0.15, 0.2) is 24.5 Å². The quantitative estimate of drug-likeness (QED) is 0.260. The first-order valence-electron chi connectivity index (χ1n) is 11.1. The molecule has 0 aliphatic rings. The summed E-state index contributed by atoms with van der Waals surface area (Å²) in [6.07, 6.45) is 3.63. The molecule has 180 valence electrons. The lowest BCUT2D eigenvalue weighted by atomic mass is 10.4. The summed E-state index contributed by atoms with van der Waals surface area (Å²) in [5.41, 5.74) is 6.60. The fourth-order valence-corrected chi connectivity index (χ4v) is 2.20. The van der Waals surface area contributed by atoms with Gasteiger partial charge >= 0.3 is 0 Å². The molecule has 0 radical (unpaired) electrons. The molecule has 8 heteroatoms. The average molecular weight is 445 g/mol. The third-order valence-corrected chi connectivity index (χ3v) is 3.33. The van der Waals surface area contributed by atoms with Crippen LogP contribution in [0, 0.1) is 55.4 Å². The van der Waals surface area contributed by atoms with Gasteiger partial charge in [-0.05, 0) is 67.5 Å². The fourth-order valence-electron chi connectivity index (χ4n) is 2.20. The Hall–Kier alpha value is -3.16. The molecule has 0 saturated heterocycles. The standard InChI is InChI=1S/4C5H8N2.2C2H6/c2*1-4-3-6-5(2)7-4;2*1-4-3-5(2)7-6-4;2*1-2/h4*3H,1-2H3,(H,6,7);2*1-2H3. The number of rotatable bonds is 0. The predicted octanol–water partition coefficient (Wildman–Crippen LogP) is 6.16. The van der Waals surface area contributed by atoms with Crippen molar-refractivity contribution in [3.8, 4) is 0 Å². The summed E-state index contributed by atoms with van der Waals surface area (Å²) >= 11 is 0. The Balaban J connectivity index is 0. The highest BCUT2D eigenvalue weighted by atomic mass is 15.1. The second kappa shape index (κ2) is 18.6. The predicted molar refractivity (Wildman–Crippen MR) is 135 cm³/mol. The van der Waals surface area contributed by atoms with Crippen LogP contribution in [0.4, 0.5) is 0 Å². The summed E-state index contributed by atoms with van der Waals surface area (Å²) in [7, 11) is 0. The lowest BCUT2D eigenvalue weighted by Crippen LogP contribution is -1.70. The lowest BCUT2D eigenvalue weighted by molar-refractivity contribution is 1.02. The van der Waals surface area contributed by atoms with Crippen LogP contribution in [-0.4, -0.2) is 40.3 Å². The van der Waals surface area contributed by atoms with E-state index in [4.69, 9.17) is 0 Å². The molecule has 0 fully saturated rings. The molecular weight excluding hydrogens is 400 g/mol. The van der Waals surface area contributed by atoms with Crippen molar-refractivity contribution in [3.05, 3.63) is 70.3 Å². The number of aryl methyl sites for hydroxylation is 8. The topological polar surface area (TPSA) is 115 Å². The highest BCUT2D eigenvalue weighted by molar-refractivity contribution is 5.04. The maximum absolute atomic E-state index is 3.96. The van der Waals surface area contributed by atoms with Crippen molar-refractivity contribution in [2.75, 3.05) is 0 Å². The summed E-state index contributed by atoms with van der Waals surface area (Å²) in [5.74, 6) is 1.97. The fraction of sp³-hybridized carbons (Fsp3) is 0.500. The Morgan fingerprint density at radius 2 is 0.812 bits per heavy atom. The van der Waals surface area contributed by atoms with Gasteiger partial charge in [-0.15, -0.1) is 0 Å². The number of H-pyrrole nitrogens is 4. The highest BCUT2D eigenvalue weighted by Gasteiger charge is 1.86. The molecule has 0 saturated carbocycles. The molecule has 0 unspecified atom stereocenters. The first-order valence-corrected chi connectivity index (χ1v) is 11.1. The normalized spacial score (nSPS) is 8.62. The van der Waals surface area contributed by atoms with Crippen molar-refractivity contribution in [2.24, 2.45) is 0 Å². The van der Waals surface area contributed by atoms with Crippen molar-refractivity contribution in [2.45, 2.75) is 83.1 Å². The number of hydrogen-bond donors (Lipinski definition) is 4. The summed E-state index contributed by atoms with van der Waals surface area (Å²) in [5, 5.41) is 13.4. The Labute approximate surface area is 194 Å². The zero-order valence-corrected chi connectivity index (χ0v) is 22.1. The van der Waals surface area contributed by atoms with Crippen LogP contribution in [-0.2, 0) is 0 Å². The van der Waals surface area contributed by atoms with Crippen molar-refractivity contribution < 1.29 is 0 Å². The third-order valence-electron chi connectivity index (χ3n) is 3.33. The molecular formula is C24H44N8. The van der Waals surface area contributed by atoms with Gasteiger partial charge in [-0.2, -0.15) is 10.2 Å². The zero-order valence-electron chi connectivity index (χ0n) is 22.1. The average Bonchev–Trinajstić information content (AvgIpc) is 3.53. The Bertz CT molecular complexity index is 708. The molecule has 32 heavy (non-hydrogen) atoms. The van der Waals surface area contributed by atoms with Crippen LogP contribution in [0.2, 0.25) is 0 Å². The van der Waals surface area contributed by atoms with Crippen molar-refractivity contribution >= 4 is 0 Å². The smallest absolute Gasteiger partial charge is 0.103 e. The zero-order chi connectivity index (χ0) is 25.1. The molecule has 4 rings (SSSR count). The van der Waals surface area contributed by atoms with E-state index in [-0.39, 0.29) is 0 Å². The summed E-state index contributed by atoms with van der Waals surface area (Å²) < 4.78 is 0. The van der Waals surface area contributed by atoms with Gasteiger partial charge in [-0.25, -0.2) is 9.97 Å². The SMILES string of the molecule is CC.CC.Cc1cc(C)[nH]n1.Cc1cc(C)[nH]n1.Cc1cnc(C)[nH]1.Cc1cnc(C)[nH]1. The van der Waals surface area contributed by atoms with Crippen LogP contribution in [0.25, 0.3) is 0 Å². The molecule has 4 heterocycles. The van der Waals surface area contributed by atoms with Crippen LogP contribution < -0.4 is 0 Å². The minimum atomic E-state index is 0.984. The molecule has 4 aromatic rings. The van der Waals surface area contributed by atoms with Crippen molar-refractivity contribution in [1.82, 2.24) is 40.3 Å². The third kappa shape index (κ3) is 16.6. The summed E-state index contributed by atoms with van der Waals surface area (Å²) in [6, 6.07) is 4.00. The lowest BCUT2D eigenvalue weighted by Gasteiger charge is -1.74. The van der Waals surface area contributed by atoms with Crippen LogP contribution >= 0.6 is 0 Å². The first-order chi connectivity index (χ1) is 15.2. The van der Waals surface area contributed by atoms with Gasteiger partial charge in [0.15, 0.2) is 0 Å². The molecule has 0 aromatic carbocycles. The van der Waals surface area contributed by atoms with E-state index in [2.05, 4.69) is 40.3 Å². The number of hydrogen-bond acceptors (Lipinski definition) is 4. The largest absolute Gasteiger partial charge is 0.346 e. The number of aromatic nitrogens is 8. The van der Waals surface area contributed by atoms with Gasteiger partial charge in [0.2, 0.25) is 0 Å². The Morgan fingerprint density at radius 1 is 0.500 bits per heavy atom. The maximum Gasteiger partial charge on any atom is 0.103 e. The molecule has 4 aromatic heterocycles. The van der Waals surface area contributed by atoms with E-state index >= 15 is 0 Å². The van der Waals surface area contributed by atoms with E-state index in [1.54, 1.807) is 0 Å². The van der Waals surface area contributed by atoms with E-state index in [9.17, 15) is 0 Å². The number of imidazole rings is 2. The van der Waals surface area contributed by atoms with Gasteiger partial charge in [-0.3, -0.25) is 10.2 Å². The molecule has 0 amide bonds. The second-order valence-corrected chi connectivity index (χ2v) is 6.69. The maximum atomic E-state index is 3.96. The van der Waals surface area contributed by atoms with Crippen molar-refractivity contribution in [1.29, 1.82) is 0 Å². The van der Waals surface area contributed by atoms with Crippen LogP contribution in [0.5, 0.6) is 0 Å². The van der Waals surface area contributed by atoms with E-state index < -0.39 is 0 Å². The van der Waals surface area contributed by atoms with Crippen LogP contribution in [0.3, 0.4) is 0 Å².